The summed E-state index contributed by atoms with van der Waals surface area (Å²) in [6.45, 7) is 0.717. The number of amides is 2. The minimum absolute atomic E-state index is 0.0000224. The van der Waals surface area contributed by atoms with Gasteiger partial charge in [0.15, 0.2) is 6.61 Å². The number of esters is 1. The van der Waals surface area contributed by atoms with Crippen molar-refractivity contribution < 1.29 is 23.9 Å². The van der Waals surface area contributed by atoms with Gasteiger partial charge in [-0.25, -0.2) is 5.01 Å². The number of hydrazone groups is 1. The number of ether oxygens (including phenoxy) is 2. The van der Waals surface area contributed by atoms with Gasteiger partial charge in [-0.05, 0) is 48.4 Å². The minimum Gasteiger partial charge on any atom is -0.469 e. The first-order valence-corrected chi connectivity index (χ1v) is 12.6. The van der Waals surface area contributed by atoms with Gasteiger partial charge in [0, 0.05) is 18.5 Å². The number of carbonyl (C=O) groups is 3. The number of nitrogens with zero attached hydrogens (tertiary/aromatic N) is 2. The molecule has 0 radical (unpaired) electrons. The highest BCUT2D eigenvalue weighted by Crippen LogP contribution is 2.37. The van der Waals surface area contributed by atoms with Crippen LogP contribution in [0.5, 0.6) is 0 Å². The molecule has 2 aromatic carbocycles. The maximum absolute atomic E-state index is 13.1. The van der Waals surface area contributed by atoms with Gasteiger partial charge in [0.2, 0.25) is 11.8 Å². The summed E-state index contributed by atoms with van der Waals surface area (Å²) >= 11 is 0. The summed E-state index contributed by atoms with van der Waals surface area (Å²) in [5.41, 5.74) is 2.72. The molecule has 8 nitrogen and oxygen atoms in total. The molecule has 8 heteroatoms. The number of nitrogens with one attached hydrogen (secondary N) is 1. The van der Waals surface area contributed by atoms with Gasteiger partial charge in [-0.1, -0.05) is 55.3 Å². The molecule has 1 atom stereocenters. The number of hydrogen-bond acceptors (Lipinski definition) is 6. The van der Waals surface area contributed by atoms with Gasteiger partial charge in [0.25, 0.3) is 5.91 Å². The molecular formula is C28H33N3O5. The van der Waals surface area contributed by atoms with Crippen molar-refractivity contribution in [1.29, 1.82) is 0 Å². The van der Waals surface area contributed by atoms with Gasteiger partial charge in [-0.15, -0.1) is 5.10 Å². The SMILES string of the molecule is COC(=O)CCCNC(=O)C(c1ccc(CN2N=C(c3ccccc3)OCC2=O)cc1)C1CCCC1. The zero-order valence-electron chi connectivity index (χ0n) is 20.7. The summed E-state index contributed by atoms with van der Waals surface area (Å²) in [6, 6.07) is 17.4. The second-order valence-corrected chi connectivity index (χ2v) is 9.25. The normalized spacial score (nSPS) is 16.8. The first-order chi connectivity index (χ1) is 17.5. The van der Waals surface area contributed by atoms with E-state index in [1.807, 2.05) is 54.6 Å². The second kappa shape index (κ2) is 12.3. The molecule has 2 amide bonds. The Morgan fingerprint density at radius 3 is 2.53 bits per heavy atom. The quantitative estimate of drug-likeness (QED) is 0.403. The largest absolute Gasteiger partial charge is 0.469 e. The van der Waals surface area contributed by atoms with Gasteiger partial charge >= 0.3 is 5.97 Å². The third-order valence-electron chi connectivity index (χ3n) is 6.76. The van der Waals surface area contributed by atoms with Gasteiger partial charge < -0.3 is 14.8 Å². The molecule has 1 heterocycles. The molecule has 1 aliphatic heterocycles. The van der Waals surface area contributed by atoms with Crippen molar-refractivity contribution in [3.8, 4) is 0 Å². The van der Waals surface area contributed by atoms with Crippen molar-refractivity contribution in [3.05, 3.63) is 71.3 Å². The lowest BCUT2D eigenvalue weighted by Gasteiger charge is -2.25. The lowest BCUT2D eigenvalue weighted by atomic mass is 9.83. The first-order valence-electron chi connectivity index (χ1n) is 12.6. The van der Waals surface area contributed by atoms with Gasteiger partial charge in [0.1, 0.15) is 0 Å². The third kappa shape index (κ3) is 6.50. The monoisotopic (exact) mass is 491 g/mol. The molecule has 1 N–H and O–H groups in total. The predicted molar refractivity (Wildman–Crippen MR) is 135 cm³/mol. The summed E-state index contributed by atoms with van der Waals surface area (Å²) in [5, 5.41) is 8.87. The number of methoxy groups -OCH3 is 1. The third-order valence-corrected chi connectivity index (χ3v) is 6.76. The van der Waals surface area contributed by atoms with Crippen LogP contribution in [0.3, 0.4) is 0 Å². The lowest BCUT2D eigenvalue weighted by Crippen LogP contribution is -2.36. The highest BCUT2D eigenvalue weighted by atomic mass is 16.5. The van der Waals surface area contributed by atoms with E-state index < -0.39 is 0 Å². The van der Waals surface area contributed by atoms with E-state index in [0.717, 1.165) is 42.4 Å². The first kappa shape index (κ1) is 25.4. The zero-order chi connectivity index (χ0) is 25.3. The van der Waals surface area contributed by atoms with Crippen LogP contribution in [0.25, 0.3) is 0 Å². The molecule has 1 saturated carbocycles. The molecule has 0 aromatic heterocycles. The fraction of sp³-hybridized carbons (Fsp3) is 0.429. The van der Waals surface area contributed by atoms with Crippen LogP contribution in [0.4, 0.5) is 0 Å². The van der Waals surface area contributed by atoms with Crippen LogP contribution in [0.2, 0.25) is 0 Å². The molecule has 1 unspecified atom stereocenters. The number of rotatable bonds is 10. The Labute approximate surface area is 211 Å². The van der Waals surface area contributed by atoms with Gasteiger partial charge in [-0.3, -0.25) is 14.4 Å². The van der Waals surface area contributed by atoms with Crippen molar-refractivity contribution in [2.75, 3.05) is 20.3 Å². The highest BCUT2D eigenvalue weighted by molar-refractivity contribution is 5.97. The van der Waals surface area contributed by atoms with E-state index in [4.69, 9.17) is 4.74 Å². The minimum atomic E-state index is -0.272. The summed E-state index contributed by atoms with van der Waals surface area (Å²) in [4.78, 5) is 36.9. The van der Waals surface area contributed by atoms with Crippen LogP contribution < -0.4 is 5.32 Å². The van der Waals surface area contributed by atoms with E-state index in [1.54, 1.807) is 0 Å². The second-order valence-electron chi connectivity index (χ2n) is 9.25. The molecule has 4 rings (SSSR count). The van der Waals surface area contributed by atoms with Crippen molar-refractivity contribution in [2.45, 2.75) is 51.0 Å². The van der Waals surface area contributed by atoms with Crippen LogP contribution >= 0.6 is 0 Å². The van der Waals surface area contributed by atoms with E-state index in [2.05, 4.69) is 15.2 Å². The summed E-state index contributed by atoms with van der Waals surface area (Å²) in [6.07, 6.45) is 5.16. The Hall–Kier alpha value is -3.68. The smallest absolute Gasteiger partial charge is 0.305 e. The van der Waals surface area contributed by atoms with E-state index in [9.17, 15) is 14.4 Å². The Morgan fingerprint density at radius 2 is 1.83 bits per heavy atom. The van der Waals surface area contributed by atoms with Gasteiger partial charge in [-0.2, -0.15) is 0 Å². The van der Waals surface area contributed by atoms with Crippen LogP contribution in [0, 0.1) is 5.92 Å². The van der Waals surface area contributed by atoms with Gasteiger partial charge in [0.05, 0.1) is 19.6 Å². The summed E-state index contributed by atoms with van der Waals surface area (Å²) in [7, 11) is 1.37. The Morgan fingerprint density at radius 1 is 1.11 bits per heavy atom. The Bertz CT molecular complexity index is 1080. The van der Waals surface area contributed by atoms with Crippen LogP contribution in [-0.4, -0.2) is 49.0 Å². The molecule has 2 aliphatic rings. The number of carbonyl (C=O) groups excluding carboxylic acids is 3. The standard InChI is InChI=1S/C28H33N3O5/c1-35-25(33)12-7-17-29-27(34)26(21-8-5-6-9-21)22-15-13-20(14-16-22)18-31-24(32)19-36-28(30-31)23-10-3-2-4-11-23/h2-4,10-11,13-16,21,26H,5-9,12,17-19H2,1H3,(H,29,34). The van der Waals surface area contributed by atoms with Crippen molar-refractivity contribution in [3.63, 3.8) is 0 Å². The Balaban J connectivity index is 1.43. The summed E-state index contributed by atoms with van der Waals surface area (Å²) < 4.78 is 10.2. The van der Waals surface area contributed by atoms with Crippen molar-refractivity contribution in [1.82, 2.24) is 10.3 Å². The predicted octanol–water partition coefficient (Wildman–Crippen LogP) is 3.75. The number of benzene rings is 2. The highest BCUT2D eigenvalue weighted by Gasteiger charge is 2.32. The maximum atomic E-state index is 13.1. The molecule has 1 fully saturated rings. The average Bonchev–Trinajstić information content (AvgIpc) is 3.44. The van der Waals surface area contributed by atoms with E-state index in [-0.39, 0.29) is 36.7 Å². The maximum Gasteiger partial charge on any atom is 0.305 e. The fourth-order valence-electron chi connectivity index (χ4n) is 4.83. The summed E-state index contributed by atoms with van der Waals surface area (Å²) in [5.74, 6) is 0.0275. The van der Waals surface area contributed by atoms with Crippen LogP contribution in [0.1, 0.15) is 61.1 Å². The van der Waals surface area contributed by atoms with Crippen molar-refractivity contribution in [2.24, 2.45) is 11.0 Å². The Kier molecular flexibility index (Phi) is 8.71. The molecular weight excluding hydrogens is 458 g/mol. The fourth-order valence-corrected chi connectivity index (χ4v) is 4.83. The molecule has 2 aromatic rings. The lowest BCUT2D eigenvalue weighted by molar-refractivity contribution is -0.141. The van der Waals surface area contributed by atoms with Crippen LogP contribution in [-0.2, 0) is 30.4 Å². The molecule has 0 bridgehead atoms. The van der Waals surface area contributed by atoms with E-state index in [1.165, 1.54) is 12.1 Å². The van der Waals surface area contributed by atoms with Crippen LogP contribution in [0.15, 0.2) is 59.7 Å². The molecule has 0 saturated heterocycles. The zero-order valence-corrected chi connectivity index (χ0v) is 20.7. The average molecular weight is 492 g/mol. The molecule has 36 heavy (non-hydrogen) atoms. The number of hydrogen-bond donors (Lipinski definition) is 1. The van der Waals surface area contributed by atoms with E-state index in [0.29, 0.717) is 31.3 Å². The topological polar surface area (TPSA) is 97.3 Å². The van der Waals surface area contributed by atoms with E-state index >= 15 is 0 Å². The molecule has 0 spiro atoms. The van der Waals surface area contributed by atoms with Crippen molar-refractivity contribution >= 4 is 23.7 Å². The molecule has 1 aliphatic carbocycles. The molecule has 190 valence electrons.